The number of hydrogen-bond donors (Lipinski definition) is 0. The first-order valence-electron chi connectivity index (χ1n) is 5.07. The maximum absolute atomic E-state index is 9.67. The largest absolute Gasteiger partial charge is 0.379 e. The van der Waals surface area contributed by atoms with Gasteiger partial charge in [-0.05, 0) is 25.6 Å². The van der Waals surface area contributed by atoms with Crippen molar-refractivity contribution >= 4 is 0 Å². The first-order chi connectivity index (χ1) is 7.06. The Bertz CT molecular complexity index is 209. The summed E-state index contributed by atoms with van der Waals surface area (Å²) in [6.45, 7) is 3.02. The quantitative estimate of drug-likeness (QED) is 0.701. The van der Waals surface area contributed by atoms with E-state index in [1.165, 1.54) is 25.0 Å². The Morgan fingerprint density at radius 1 is 1.40 bits per heavy atom. The molecule has 0 aromatic carbocycles. The average Bonchev–Trinajstić information content (AvgIpc) is 2.16. The molecule has 0 fully saturated rings. The molecule has 15 heavy (non-hydrogen) atoms. The third-order valence-corrected chi connectivity index (χ3v) is 1.99. The van der Waals surface area contributed by atoms with Crippen molar-refractivity contribution in [2.75, 3.05) is 13.1 Å². The highest BCUT2D eigenvalue weighted by molar-refractivity contribution is 5.19. The predicted molar refractivity (Wildman–Crippen MR) is 56.5 cm³/mol. The van der Waals surface area contributed by atoms with Gasteiger partial charge in [-0.25, -0.2) is 0 Å². The molecule has 1 nitrogen and oxygen atoms in total. The van der Waals surface area contributed by atoms with Crippen LogP contribution in [0.5, 0.6) is 0 Å². The van der Waals surface area contributed by atoms with Gasteiger partial charge in [0.15, 0.2) is 0 Å². The van der Waals surface area contributed by atoms with Crippen LogP contribution in [0.25, 0.3) is 0 Å². The SMILES string of the molecule is CCCCN1C=CC(C)=CC1.FC(F)F. The van der Waals surface area contributed by atoms with Crippen molar-refractivity contribution in [1.82, 2.24) is 4.90 Å². The van der Waals surface area contributed by atoms with Gasteiger partial charge in [0.05, 0.1) is 0 Å². The fourth-order valence-corrected chi connectivity index (χ4v) is 1.14. The molecule has 0 radical (unpaired) electrons. The molecule has 0 bridgehead atoms. The zero-order valence-electron chi connectivity index (χ0n) is 9.22. The van der Waals surface area contributed by atoms with E-state index in [0.717, 1.165) is 6.54 Å². The Balaban J connectivity index is 0.000000423. The minimum atomic E-state index is -3.67. The third-order valence-electron chi connectivity index (χ3n) is 1.99. The molecule has 1 aliphatic rings. The Hall–Kier alpha value is -0.930. The van der Waals surface area contributed by atoms with Crippen molar-refractivity contribution in [3.8, 4) is 0 Å². The van der Waals surface area contributed by atoms with Crippen molar-refractivity contribution in [2.24, 2.45) is 0 Å². The van der Waals surface area contributed by atoms with Crippen LogP contribution in [0.4, 0.5) is 13.2 Å². The molecule has 0 aliphatic carbocycles. The number of rotatable bonds is 3. The Kier molecular flexibility index (Phi) is 7.86. The average molecular weight is 221 g/mol. The summed E-state index contributed by atoms with van der Waals surface area (Å²) < 4.78 is 29.0. The fourth-order valence-electron chi connectivity index (χ4n) is 1.14. The van der Waals surface area contributed by atoms with E-state index in [4.69, 9.17) is 0 Å². The van der Waals surface area contributed by atoms with Gasteiger partial charge >= 0.3 is 6.68 Å². The summed E-state index contributed by atoms with van der Waals surface area (Å²) in [6.07, 6.45) is 9.24. The zero-order chi connectivity index (χ0) is 11.7. The standard InChI is InChI=1S/C10H17N.CHF3/c1-3-4-7-11-8-5-10(2)6-9-11;2-1(3)4/h5-6,8H,3-4,7,9H2,1-2H3;1H. The van der Waals surface area contributed by atoms with Gasteiger partial charge in [0.2, 0.25) is 0 Å². The number of allylic oxidation sites excluding steroid dienone is 2. The highest BCUT2D eigenvalue weighted by Crippen LogP contribution is 2.06. The van der Waals surface area contributed by atoms with Gasteiger partial charge in [-0.15, -0.1) is 0 Å². The number of alkyl halides is 3. The lowest BCUT2D eigenvalue weighted by Crippen LogP contribution is -2.20. The third kappa shape index (κ3) is 9.38. The molecule has 0 N–H and O–H groups in total. The topological polar surface area (TPSA) is 3.24 Å². The van der Waals surface area contributed by atoms with Crippen LogP contribution in [0.1, 0.15) is 26.7 Å². The van der Waals surface area contributed by atoms with Gasteiger partial charge in [0.25, 0.3) is 0 Å². The molecule has 1 aliphatic heterocycles. The highest BCUT2D eigenvalue weighted by Gasteiger charge is 1.99. The van der Waals surface area contributed by atoms with Crippen LogP contribution in [-0.4, -0.2) is 24.7 Å². The summed E-state index contributed by atoms with van der Waals surface area (Å²) in [6, 6.07) is 0. The van der Waals surface area contributed by atoms with Gasteiger partial charge in [-0.1, -0.05) is 25.0 Å². The summed E-state index contributed by atoms with van der Waals surface area (Å²) >= 11 is 0. The molecule has 4 heteroatoms. The molecule has 1 heterocycles. The molecule has 0 amide bonds. The van der Waals surface area contributed by atoms with E-state index in [0.29, 0.717) is 0 Å². The summed E-state index contributed by atoms with van der Waals surface area (Å²) in [7, 11) is 0. The van der Waals surface area contributed by atoms with Crippen LogP contribution in [0.3, 0.4) is 0 Å². The molecule has 0 aromatic rings. The molecule has 0 aromatic heterocycles. The van der Waals surface area contributed by atoms with Crippen LogP contribution >= 0.6 is 0 Å². The van der Waals surface area contributed by atoms with Gasteiger partial charge in [-0.2, -0.15) is 13.2 Å². The van der Waals surface area contributed by atoms with Crippen LogP contribution in [-0.2, 0) is 0 Å². The molecular weight excluding hydrogens is 203 g/mol. The van der Waals surface area contributed by atoms with Crippen molar-refractivity contribution < 1.29 is 13.2 Å². The summed E-state index contributed by atoms with van der Waals surface area (Å²) in [4.78, 5) is 2.36. The van der Waals surface area contributed by atoms with Crippen LogP contribution in [0.15, 0.2) is 23.9 Å². The molecule has 0 atom stereocenters. The van der Waals surface area contributed by atoms with Gasteiger partial charge < -0.3 is 4.90 Å². The lowest BCUT2D eigenvalue weighted by Gasteiger charge is -2.21. The van der Waals surface area contributed by atoms with E-state index in [1.54, 1.807) is 0 Å². The molecule has 0 unspecified atom stereocenters. The normalized spacial score (nSPS) is 14.8. The van der Waals surface area contributed by atoms with Gasteiger partial charge in [0, 0.05) is 13.1 Å². The van der Waals surface area contributed by atoms with E-state index in [1.807, 2.05) is 0 Å². The van der Waals surface area contributed by atoms with Crippen molar-refractivity contribution in [2.45, 2.75) is 33.4 Å². The number of nitrogens with zero attached hydrogens (tertiary/aromatic N) is 1. The second kappa shape index (κ2) is 8.38. The zero-order valence-corrected chi connectivity index (χ0v) is 9.22. The second-order valence-electron chi connectivity index (χ2n) is 3.36. The lowest BCUT2D eigenvalue weighted by molar-refractivity contribution is 0.00819. The van der Waals surface area contributed by atoms with Crippen molar-refractivity contribution in [3.63, 3.8) is 0 Å². The van der Waals surface area contributed by atoms with Gasteiger partial charge in [-0.3, -0.25) is 0 Å². The smallest absolute Gasteiger partial charge is 0.374 e. The predicted octanol–water partition coefficient (Wildman–Crippen LogP) is 3.74. The second-order valence-corrected chi connectivity index (χ2v) is 3.36. The highest BCUT2D eigenvalue weighted by atomic mass is 19.4. The Morgan fingerprint density at radius 2 is 2.00 bits per heavy atom. The van der Waals surface area contributed by atoms with E-state index in [-0.39, 0.29) is 0 Å². The van der Waals surface area contributed by atoms with Crippen molar-refractivity contribution in [1.29, 1.82) is 0 Å². The van der Waals surface area contributed by atoms with Gasteiger partial charge in [0.1, 0.15) is 0 Å². The minimum absolute atomic E-state index is 1.10. The van der Waals surface area contributed by atoms with Crippen LogP contribution in [0, 0.1) is 0 Å². The first kappa shape index (κ1) is 14.1. The lowest BCUT2D eigenvalue weighted by atomic mass is 10.2. The van der Waals surface area contributed by atoms with Crippen LogP contribution < -0.4 is 0 Å². The molecular formula is C11H18F3N. The first-order valence-corrected chi connectivity index (χ1v) is 5.07. The van der Waals surface area contributed by atoms with Crippen LogP contribution in [0.2, 0.25) is 0 Å². The Morgan fingerprint density at radius 3 is 2.40 bits per heavy atom. The summed E-state index contributed by atoms with van der Waals surface area (Å²) in [5.41, 5.74) is 1.39. The summed E-state index contributed by atoms with van der Waals surface area (Å²) in [5.74, 6) is 0. The van der Waals surface area contributed by atoms with E-state index >= 15 is 0 Å². The number of hydrogen-bond acceptors (Lipinski definition) is 1. The fraction of sp³-hybridized carbons (Fsp3) is 0.636. The van der Waals surface area contributed by atoms with E-state index in [2.05, 4.69) is 37.1 Å². The number of unbranched alkanes of at least 4 members (excludes halogenated alkanes) is 1. The maximum atomic E-state index is 9.67. The minimum Gasteiger partial charge on any atom is -0.374 e. The Labute approximate surface area is 89.3 Å². The van der Waals surface area contributed by atoms with Crippen molar-refractivity contribution in [3.05, 3.63) is 23.9 Å². The molecule has 0 spiro atoms. The van der Waals surface area contributed by atoms with E-state index < -0.39 is 6.68 Å². The molecule has 0 saturated heterocycles. The molecule has 88 valence electrons. The maximum Gasteiger partial charge on any atom is 0.379 e. The number of halogens is 3. The monoisotopic (exact) mass is 221 g/mol. The molecule has 1 rings (SSSR count). The van der Waals surface area contributed by atoms with E-state index in [9.17, 15) is 13.2 Å². The summed E-state index contributed by atoms with van der Waals surface area (Å²) in [5, 5.41) is 0. The molecule has 0 saturated carbocycles.